The van der Waals surface area contributed by atoms with E-state index in [1.807, 2.05) is 25.1 Å². The summed E-state index contributed by atoms with van der Waals surface area (Å²) in [5.74, 6) is 1.84. The predicted molar refractivity (Wildman–Crippen MR) is 71.6 cm³/mol. The second kappa shape index (κ2) is 4.12. The van der Waals surface area contributed by atoms with Crippen LogP contribution < -0.4 is 5.32 Å². The standard InChI is InChI=1S/C14H17N3O/c1-3-13(18)15-10-6-7-12-11(8-10)16-14(17(12)2)9-4-5-9/h6-9H,3-5H2,1-2H3,(H,15,18). The molecule has 3 rings (SSSR count). The Kier molecular flexibility index (Phi) is 2.58. The van der Waals surface area contributed by atoms with Gasteiger partial charge in [0.1, 0.15) is 5.82 Å². The number of nitrogens with one attached hydrogen (secondary N) is 1. The van der Waals surface area contributed by atoms with E-state index in [0.29, 0.717) is 12.3 Å². The van der Waals surface area contributed by atoms with Gasteiger partial charge < -0.3 is 9.88 Å². The van der Waals surface area contributed by atoms with Crippen molar-refractivity contribution in [2.75, 3.05) is 5.32 Å². The summed E-state index contributed by atoms with van der Waals surface area (Å²) in [6.07, 6.45) is 2.99. The molecule has 1 aliphatic carbocycles. The highest BCUT2D eigenvalue weighted by Gasteiger charge is 2.28. The van der Waals surface area contributed by atoms with E-state index < -0.39 is 0 Å². The van der Waals surface area contributed by atoms with Gasteiger partial charge in [0.15, 0.2) is 0 Å². The molecule has 1 fully saturated rings. The summed E-state index contributed by atoms with van der Waals surface area (Å²) in [4.78, 5) is 16.1. The molecule has 0 aliphatic heterocycles. The first-order chi connectivity index (χ1) is 8.69. The summed E-state index contributed by atoms with van der Waals surface area (Å²) >= 11 is 0. The van der Waals surface area contributed by atoms with Crippen LogP contribution in [0.5, 0.6) is 0 Å². The zero-order valence-electron chi connectivity index (χ0n) is 10.7. The molecule has 4 heteroatoms. The van der Waals surface area contributed by atoms with E-state index in [9.17, 15) is 4.79 Å². The van der Waals surface area contributed by atoms with Crippen LogP contribution in [0.15, 0.2) is 18.2 Å². The third-order valence-corrected chi connectivity index (χ3v) is 3.46. The van der Waals surface area contributed by atoms with Crippen molar-refractivity contribution in [2.45, 2.75) is 32.1 Å². The van der Waals surface area contributed by atoms with E-state index in [2.05, 4.69) is 21.9 Å². The van der Waals surface area contributed by atoms with Gasteiger partial charge in [-0.3, -0.25) is 4.79 Å². The van der Waals surface area contributed by atoms with Gasteiger partial charge in [-0.25, -0.2) is 4.98 Å². The number of carbonyl (C=O) groups excluding carboxylic acids is 1. The molecule has 0 bridgehead atoms. The zero-order valence-corrected chi connectivity index (χ0v) is 10.7. The van der Waals surface area contributed by atoms with Crippen LogP contribution in [-0.4, -0.2) is 15.5 Å². The van der Waals surface area contributed by atoms with Gasteiger partial charge in [-0.05, 0) is 31.0 Å². The number of carbonyl (C=O) groups is 1. The number of hydrogen-bond donors (Lipinski definition) is 1. The lowest BCUT2D eigenvalue weighted by atomic mass is 10.2. The molecule has 0 spiro atoms. The van der Waals surface area contributed by atoms with E-state index in [0.717, 1.165) is 16.7 Å². The SMILES string of the molecule is CCC(=O)Nc1ccc2c(c1)nc(C1CC1)n2C. The number of rotatable bonds is 3. The fourth-order valence-electron chi connectivity index (χ4n) is 2.25. The van der Waals surface area contributed by atoms with Crippen LogP contribution in [0.2, 0.25) is 0 Å². The second-order valence-electron chi connectivity index (χ2n) is 4.91. The number of aromatic nitrogens is 2. The summed E-state index contributed by atoms with van der Waals surface area (Å²) in [6, 6.07) is 5.92. The Morgan fingerprint density at radius 2 is 2.28 bits per heavy atom. The van der Waals surface area contributed by atoms with Crippen LogP contribution in [0.1, 0.15) is 37.9 Å². The van der Waals surface area contributed by atoms with Crippen LogP contribution in [0.25, 0.3) is 11.0 Å². The summed E-state index contributed by atoms with van der Waals surface area (Å²) in [7, 11) is 2.06. The van der Waals surface area contributed by atoms with Crippen molar-refractivity contribution in [3.63, 3.8) is 0 Å². The molecule has 4 nitrogen and oxygen atoms in total. The highest BCUT2D eigenvalue weighted by molar-refractivity contribution is 5.92. The van der Waals surface area contributed by atoms with E-state index in [1.165, 1.54) is 18.7 Å². The molecule has 94 valence electrons. The maximum atomic E-state index is 11.4. The number of imidazole rings is 1. The lowest BCUT2D eigenvalue weighted by Crippen LogP contribution is -2.09. The van der Waals surface area contributed by atoms with Crippen molar-refractivity contribution in [3.8, 4) is 0 Å². The third-order valence-electron chi connectivity index (χ3n) is 3.46. The lowest BCUT2D eigenvalue weighted by Gasteiger charge is -2.03. The minimum atomic E-state index is 0.0349. The predicted octanol–water partition coefficient (Wildman–Crippen LogP) is 2.80. The number of hydrogen-bond acceptors (Lipinski definition) is 2. The fraction of sp³-hybridized carbons (Fsp3) is 0.429. The number of anilines is 1. The molecule has 1 heterocycles. The fourth-order valence-corrected chi connectivity index (χ4v) is 2.25. The third kappa shape index (κ3) is 1.88. The number of fused-ring (bicyclic) bond motifs is 1. The van der Waals surface area contributed by atoms with Crippen molar-refractivity contribution in [2.24, 2.45) is 7.05 Å². The Morgan fingerprint density at radius 1 is 1.50 bits per heavy atom. The second-order valence-corrected chi connectivity index (χ2v) is 4.91. The van der Waals surface area contributed by atoms with E-state index in [-0.39, 0.29) is 5.91 Å². The Balaban J connectivity index is 1.99. The Labute approximate surface area is 106 Å². The monoisotopic (exact) mass is 243 g/mol. The van der Waals surface area contributed by atoms with E-state index >= 15 is 0 Å². The van der Waals surface area contributed by atoms with Gasteiger partial charge in [0.05, 0.1) is 11.0 Å². The molecule has 0 radical (unpaired) electrons. The Morgan fingerprint density at radius 3 is 2.94 bits per heavy atom. The molecule has 0 unspecified atom stereocenters. The molecule has 1 saturated carbocycles. The first-order valence-corrected chi connectivity index (χ1v) is 6.45. The van der Waals surface area contributed by atoms with Gasteiger partial charge in [0.25, 0.3) is 0 Å². The van der Waals surface area contributed by atoms with Crippen LogP contribution in [0, 0.1) is 0 Å². The van der Waals surface area contributed by atoms with Crippen LogP contribution in [0.4, 0.5) is 5.69 Å². The molecule has 1 aliphatic rings. The number of benzene rings is 1. The van der Waals surface area contributed by atoms with Crippen molar-refractivity contribution in [3.05, 3.63) is 24.0 Å². The molecule has 1 aromatic carbocycles. The quantitative estimate of drug-likeness (QED) is 0.901. The van der Waals surface area contributed by atoms with Crippen LogP contribution in [0.3, 0.4) is 0 Å². The molecule has 1 aromatic heterocycles. The average Bonchev–Trinajstić information content (AvgIpc) is 3.15. The van der Waals surface area contributed by atoms with Crippen molar-refractivity contribution in [1.82, 2.24) is 9.55 Å². The van der Waals surface area contributed by atoms with Crippen molar-refractivity contribution < 1.29 is 4.79 Å². The summed E-state index contributed by atoms with van der Waals surface area (Å²) in [5, 5.41) is 2.87. The van der Waals surface area contributed by atoms with Crippen LogP contribution in [-0.2, 0) is 11.8 Å². The van der Waals surface area contributed by atoms with Gasteiger partial charge in [-0.1, -0.05) is 6.92 Å². The van der Waals surface area contributed by atoms with E-state index in [4.69, 9.17) is 0 Å². The van der Waals surface area contributed by atoms with E-state index in [1.54, 1.807) is 0 Å². The Bertz CT molecular complexity index is 611. The summed E-state index contributed by atoms with van der Waals surface area (Å²) < 4.78 is 2.17. The Hall–Kier alpha value is -1.84. The largest absolute Gasteiger partial charge is 0.331 e. The first-order valence-electron chi connectivity index (χ1n) is 6.45. The molecular weight excluding hydrogens is 226 g/mol. The average molecular weight is 243 g/mol. The smallest absolute Gasteiger partial charge is 0.224 e. The minimum absolute atomic E-state index is 0.0349. The molecular formula is C14H17N3O. The van der Waals surface area contributed by atoms with Crippen molar-refractivity contribution in [1.29, 1.82) is 0 Å². The number of amides is 1. The highest BCUT2D eigenvalue weighted by atomic mass is 16.1. The molecule has 0 atom stereocenters. The topological polar surface area (TPSA) is 46.9 Å². The van der Waals surface area contributed by atoms with Gasteiger partial charge in [-0.15, -0.1) is 0 Å². The lowest BCUT2D eigenvalue weighted by molar-refractivity contribution is -0.115. The molecule has 0 saturated heterocycles. The molecule has 18 heavy (non-hydrogen) atoms. The highest BCUT2D eigenvalue weighted by Crippen LogP contribution is 2.40. The maximum Gasteiger partial charge on any atom is 0.224 e. The summed E-state index contributed by atoms with van der Waals surface area (Å²) in [6.45, 7) is 1.85. The number of aryl methyl sites for hydroxylation is 1. The first kappa shape index (κ1) is 11.3. The maximum absolute atomic E-state index is 11.4. The van der Waals surface area contributed by atoms with Crippen molar-refractivity contribution >= 4 is 22.6 Å². The summed E-state index contributed by atoms with van der Waals surface area (Å²) in [5.41, 5.74) is 2.93. The zero-order chi connectivity index (χ0) is 12.7. The van der Waals surface area contributed by atoms with Gasteiger partial charge >= 0.3 is 0 Å². The van der Waals surface area contributed by atoms with Crippen LogP contribution >= 0.6 is 0 Å². The minimum Gasteiger partial charge on any atom is -0.331 e. The van der Waals surface area contributed by atoms with Gasteiger partial charge in [0, 0.05) is 25.1 Å². The molecule has 2 aromatic rings. The molecule has 1 N–H and O–H groups in total. The molecule has 1 amide bonds. The number of nitrogens with zero attached hydrogens (tertiary/aromatic N) is 2. The normalized spacial score (nSPS) is 15.0. The van der Waals surface area contributed by atoms with Gasteiger partial charge in [0.2, 0.25) is 5.91 Å². The van der Waals surface area contributed by atoms with Gasteiger partial charge in [-0.2, -0.15) is 0 Å².